The highest BCUT2D eigenvalue weighted by Crippen LogP contribution is 2.37. The Morgan fingerprint density at radius 2 is 1.96 bits per heavy atom. The summed E-state index contributed by atoms with van der Waals surface area (Å²) in [4.78, 5) is 19.4. The number of aromatic nitrogens is 2. The van der Waals surface area contributed by atoms with Crippen LogP contribution in [0.3, 0.4) is 0 Å². The summed E-state index contributed by atoms with van der Waals surface area (Å²) >= 11 is 0. The molecular weight excluding hydrogens is 296 g/mol. The fourth-order valence-electron chi connectivity index (χ4n) is 2.59. The second-order valence-electron chi connectivity index (χ2n) is 5.13. The Hall–Kier alpha value is -3.02. The number of rotatable bonds is 4. The molecule has 0 spiro atoms. The van der Waals surface area contributed by atoms with Crippen LogP contribution in [0.1, 0.15) is 15.9 Å². The maximum atomic E-state index is 11.7. The first-order chi connectivity index (χ1) is 11.0. The summed E-state index contributed by atoms with van der Waals surface area (Å²) in [7, 11) is 2.88. The lowest BCUT2D eigenvalue weighted by Gasteiger charge is -2.13. The number of aromatic carboxylic acids is 1. The molecular formula is C17H16N2O4. The normalized spacial score (nSPS) is 10.7. The standard InChI is InChI=1S/C17H16N2O4/c1-9-4-6-11-12(8-9)19-16(18-11)10-5-7-13(22-2)15(23-3)14(10)17(20)21/h4-8H,1-3H3,(H,18,19)(H,20,21). The number of hydrogen-bond acceptors (Lipinski definition) is 4. The number of carboxylic acid groups (broad SMARTS) is 1. The van der Waals surface area contributed by atoms with E-state index in [0.717, 1.165) is 16.6 Å². The summed E-state index contributed by atoms with van der Waals surface area (Å²) < 4.78 is 10.4. The molecule has 0 aliphatic heterocycles. The molecule has 0 unspecified atom stereocenters. The summed E-state index contributed by atoms with van der Waals surface area (Å²) in [6.45, 7) is 1.99. The number of aromatic amines is 1. The summed E-state index contributed by atoms with van der Waals surface area (Å²) in [5, 5.41) is 9.60. The van der Waals surface area contributed by atoms with E-state index in [4.69, 9.17) is 9.47 Å². The zero-order chi connectivity index (χ0) is 16.6. The van der Waals surface area contributed by atoms with Crippen molar-refractivity contribution in [3.63, 3.8) is 0 Å². The molecule has 0 aliphatic carbocycles. The molecule has 0 saturated heterocycles. The van der Waals surface area contributed by atoms with Gasteiger partial charge in [0, 0.05) is 5.56 Å². The van der Waals surface area contributed by atoms with Gasteiger partial charge in [0.05, 0.1) is 25.3 Å². The number of carbonyl (C=O) groups is 1. The van der Waals surface area contributed by atoms with Crippen molar-refractivity contribution >= 4 is 17.0 Å². The van der Waals surface area contributed by atoms with Crippen LogP contribution in [0.25, 0.3) is 22.4 Å². The monoisotopic (exact) mass is 312 g/mol. The topological polar surface area (TPSA) is 84.4 Å². The lowest BCUT2D eigenvalue weighted by Crippen LogP contribution is -2.05. The molecule has 2 aromatic carbocycles. The van der Waals surface area contributed by atoms with Crippen LogP contribution in [-0.4, -0.2) is 35.3 Å². The Balaban J connectivity index is 2.27. The largest absolute Gasteiger partial charge is 0.493 e. The van der Waals surface area contributed by atoms with E-state index in [0.29, 0.717) is 17.1 Å². The lowest BCUT2D eigenvalue weighted by atomic mass is 10.0. The van der Waals surface area contributed by atoms with Crippen LogP contribution < -0.4 is 9.47 Å². The molecule has 6 nitrogen and oxygen atoms in total. The number of fused-ring (bicyclic) bond motifs is 1. The third kappa shape index (κ3) is 2.48. The number of H-pyrrole nitrogens is 1. The van der Waals surface area contributed by atoms with Gasteiger partial charge in [-0.2, -0.15) is 0 Å². The summed E-state index contributed by atoms with van der Waals surface area (Å²) in [5.74, 6) is -0.0916. The van der Waals surface area contributed by atoms with Crippen LogP contribution in [0.5, 0.6) is 11.5 Å². The van der Waals surface area contributed by atoms with Crippen molar-refractivity contribution in [2.75, 3.05) is 14.2 Å². The van der Waals surface area contributed by atoms with Gasteiger partial charge in [0.25, 0.3) is 0 Å². The zero-order valence-corrected chi connectivity index (χ0v) is 13.0. The highest BCUT2D eigenvalue weighted by molar-refractivity contribution is 6.00. The zero-order valence-electron chi connectivity index (χ0n) is 13.0. The van der Waals surface area contributed by atoms with Crippen molar-refractivity contribution in [1.29, 1.82) is 0 Å². The predicted molar refractivity (Wildman–Crippen MR) is 86.3 cm³/mol. The van der Waals surface area contributed by atoms with Crippen LogP contribution in [-0.2, 0) is 0 Å². The van der Waals surface area contributed by atoms with E-state index in [9.17, 15) is 9.90 Å². The van der Waals surface area contributed by atoms with Crippen LogP contribution >= 0.6 is 0 Å². The smallest absolute Gasteiger partial charge is 0.340 e. The number of aryl methyl sites for hydroxylation is 1. The van der Waals surface area contributed by atoms with Crippen molar-refractivity contribution in [2.24, 2.45) is 0 Å². The van der Waals surface area contributed by atoms with Gasteiger partial charge in [-0.15, -0.1) is 0 Å². The van der Waals surface area contributed by atoms with Crippen molar-refractivity contribution in [3.8, 4) is 22.9 Å². The number of imidazole rings is 1. The molecule has 6 heteroatoms. The molecule has 3 rings (SSSR count). The first kappa shape index (κ1) is 14.9. The lowest BCUT2D eigenvalue weighted by molar-refractivity contribution is 0.0693. The maximum absolute atomic E-state index is 11.7. The quantitative estimate of drug-likeness (QED) is 0.772. The maximum Gasteiger partial charge on any atom is 0.340 e. The minimum atomic E-state index is -1.10. The molecule has 0 bridgehead atoms. The van der Waals surface area contributed by atoms with Crippen LogP contribution in [0.2, 0.25) is 0 Å². The van der Waals surface area contributed by atoms with Gasteiger partial charge in [-0.25, -0.2) is 9.78 Å². The fourth-order valence-corrected chi connectivity index (χ4v) is 2.59. The van der Waals surface area contributed by atoms with E-state index in [-0.39, 0.29) is 11.3 Å². The molecule has 2 N–H and O–H groups in total. The van der Waals surface area contributed by atoms with Crippen LogP contribution in [0, 0.1) is 6.92 Å². The average molecular weight is 312 g/mol. The van der Waals surface area contributed by atoms with Crippen molar-refractivity contribution in [3.05, 3.63) is 41.5 Å². The summed E-state index contributed by atoms with van der Waals surface area (Å²) in [6.07, 6.45) is 0. The third-order valence-corrected chi connectivity index (χ3v) is 3.65. The number of nitrogens with zero attached hydrogens (tertiary/aromatic N) is 1. The number of hydrogen-bond donors (Lipinski definition) is 2. The number of ether oxygens (including phenoxy) is 2. The van der Waals surface area contributed by atoms with Gasteiger partial charge in [-0.1, -0.05) is 6.07 Å². The van der Waals surface area contributed by atoms with E-state index in [1.54, 1.807) is 12.1 Å². The molecule has 0 aliphatic rings. The Kier molecular flexibility index (Phi) is 3.65. The molecule has 23 heavy (non-hydrogen) atoms. The number of carboxylic acids is 1. The van der Waals surface area contributed by atoms with Gasteiger partial charge in [0.15, 0.2) is 11.5 Å². The Bertz CT molecular complexity index is 899. The predicted octanol–water partition coefficient (Wildman–Crippen LogP) is 3.25. The molecule has 0 atom stereocenters. The molecule has 3 aromatic rings. The number of benzene rings is 2. The minimum Gasteiger partial charge on any atom is -0.493 e. The van der Waals surface area contributed by atoms with Crippen LogP contribution in [0.15, 0.2) is 30.3 Å². The van der Waals surface area contributed by atoms with Gasteiger partial charge < -0.3 is 19.6 Å². The van der Waals surface area contributed by atoms with Gasteiger partial charge in [-0.05, 0) is 36.8 Å². The van der Waals surface area contributed by atoms with E-state index in [1.165, 1.54) is 14.2 Å². The van der Waals surface area contributed by atoms with E-state index in [1.807, 2.05) is 25.1 Å². The number of nitrogens with one attached hydrogen (secondary N) is 1. The van der Waals surface area contributed by atoms with E-state index >= 15 is 0 Å². The molecule has 118 valence electrons. The molecule has 0 fully saturated rings. The Labute approximate surface area is 132 Å². The first-order valence-electron chi connectivity index (χ1n) is 7.00. The molecule has 1 heterocycles. The first-order valence-corrected chi connectivity index (χ1v) is 7.00. The fraction of sp³-hybridized carbons (Fsp3) is 0.176. The third-order valence-electron chi connectivity index (χ3n) is 3.65. The van der Waals surface area contributed by atoms with E-state index < -0.39 is 5.97 Å². The Morgan fingerprint density at radius 3 is 2.61 bits per heavy atom. The van der Waals surface area contributed by atoms with Gasteiger partial charge in [0.2, 0.25) is 0 Å². The number of methoxy groups -OCH3 is 2. The SMILES string of the molecule is COc1ccc(-c2nc3ccc(C)cc3[nH]2)c(C(=O)O)c1OC. The highest BCUT2D eigenvalue weighted by atomic mass is 16.5. The molecule has 1 aromatic heterocycles. The minimum absolute atomic E-state index is 0.0163. The average Bonchev–Trinajstić information content (AvgIpc) is 2.95. The molecule has 0 radical (unpaired) electrons. The highest BCUT2D eigenvalue weighted by Gasteiger charge is 2.23. The van der Waals surface area contributed by atoms with Crippen molar-refractivity contribution < 1.29 is 19.4 Å². The van der Waals surface area contributed by atoms with Gasteiger partial charge >= 0.3 is 5.97 Å². The van der Waals surface area contributed by atoms with Crippen LogP contribution in [0.4, 0.5) is 0 Å². The van der Waals surface area contributed by atoms with Gasteiger partial charge in [0.1, 0.15) is 11.4 Å². The Morgan fingerprint density at radius 1 is 1.17 bits per heavy atom. The molecule has 0 saturated carbocycles. The second kappa shape index (κ2) is 5.64. The second-order valence-corrected chi connectivity index (χ2v) is 5.13. The van der Waals surface area contributed by atoms with E-state index in [2.05, 4.69) is 9.97 Å². The molecule has 0 amide bonds. The van der Waals surface area contributed by atoms with Crippen molar-refractivity contribution in [1.82, 2.24) is 9.97 Å². The van der Waals surface area contributed by atoms with Crippen molar-refractivity contribution in [2.45, 2.75) is 6.92 Å². The summed E-state index contributed by atoms with van der Waals surface area (Å²) in [6, 6.07) is 9.15. The summed E-state index contributed by atoms with van der Waals surface area (Å²) in [5.41, 5.74) is 3.19. The van der Waals surface area contributed by atoms with Gasteiger partial charge in [-0.3, -0.25) is 0 Å².